The maximum atomic E-state index is 11.7. The van der Waals surface area contributed by atoms with Gasteiger partial charge in [0.1, 0.15) is 6.04 Å². The van der Waals surface area contributed by atoms with E-state index in [-0.39, 0.29) is 12.0 Å². The van der Waals surface area contributed by atoms with Gasteiger partial charge in [-0.15, -0.1) is 0 Å². The third-order valence-electron chi connectivity index (χ3n) is 2.60. The van der Waals surface area contributed by atoms with Crippen molar-refractivity contribution in [2.75, 3.05) is 32.8 Å². The zero-order valence-corrected chi connectivity index (χ0v) is 9.95. The number of carbonyl (C=O) groups is 1. The van der Waals surface area contributed by atoms with E-state index in [9.17, 15) is 4.79 Å². The normalized spacial score (nSPS) is 20.3. The van der Waals surface area contributed by atoms with Crippen molar-refractivity contribution in [3.05, 3.63) is 0 Å². The van der Waals surface area contributed by atoms with Gasteiger partial charge in [-0.2, -0.15) is 0 Å². The second kappa shape index (κ2) is 6.08. The Bertz CT molecular complexity index is 201. The first kappa shape index (κ1) is 12.5. The molecule has 15 heavy (non-hydrogen) atoms. The van der Waals surface area contributed by atoms with Gasteiger partial charge in [-0.3, -0.25) is 9.69 Å². The lowest BCUT2D eigenvalue weighted by Gasteiger charge is -2.31. The number of carbonyl (C=O) groups excluding carboxylic acids is 1. The van der Waals surface area contributed by atoms with Crippen LogP contribution in [0, 0.1) is 5.92 Å². The highest BCUT2D eigenvalue weighted by molar-refractivity contribution is 5.75. The maximum Gasteiger partial charge on any atom is 0.323 e. The summed E-state index contributed by atoms with van der Waals surface area (Å²) in [4.78, 5) is 13.8. The van der Waals surface area contributed by atoms with Crippen LogP contribution in [0.2, 0.25) is 0 Å². The predicted molar refractivity (Wildman–Crippen MR) is 59.7 cm³/mol. The minimum Gasteiger partial charge on any atom is -0.464 e. The summed E-state index contributed by atoms with van der Waals surface area (Å²) in [6.45, 7) is 10.3. The first-order valence-electron chi connectivity index (χ1n) is 5.72. The maximum absolute atomic E-state index is 11.7. The third-order valence-corrected chi connectivity index (χ3v) is 2.60. The molecule has 4 heteroatoms. The van der Waals surface area contributed by atoms with E-state index in [1.807, 2.05) is 20.8 Å². The van der Waals surface area contributed by atoms with E-state index in [0.717, 1.165) is 26.2 Å². The summed E-state index contributed by atoms with van der Waals surface area (Å²) in [5.41, 5.74) is 0. The van der Waals surface area contributed by atoms with Crippen molar-refractivity contribution in [3.63, 3.8) is 0 Å². The smallest absolute Gasteiger partial charge is 0.323 e. The Balaban J connectivity index is 2.30. The van der Waals surface area contributed by atoms with Gasteiger partial charge >= 0.3 is 5.97 Å². The number of esters is 1. The van der Waals surface area contributed by atoms with Crippen molar-refractivity contribution in [2.45, 2.75) is 26.8 Å². The van der Waals surface area contributed by atoms with Gasteiger partial charge in [0.25, 0.3) is 0 Å². The molecule has 4 nitrogen and oxygen atoms in total. The molecule has 0 aromatic rings. The molecule has 0 saturated carbocycles. The summed E-state index contributed by atoms with van der Waals surface area (Å²) in [6.07, 6.45) is 0. The number of nitrogens with zero attached hydrogens (tertiary/aromatic N) is 1. The Morgan fingerprint density at radius 2 is 1.93 bits per heavy atom. The average molecular weight is 214 g/mol. The van der Waals surface area contributed by atoms with Crippen LogP contribution in [0.5, 0.6) is 0 Å². The summed E-state index contributed by atoms with van der Waals surface area (Å²) in [5.74, 6) is 0.315. The topological polar surface area (TPSA) is 41.6 Å². The van der Waals surface area contributed by atoms with E-state index < -0.39 is 0 Å². The number of hydrogen-bond donors (Lipinski definition) is 1. The van der Waals surface area contributed by atoms with Gasteiger partial charge in [-0.05, 0) is 12.8 Å². The number of rotatable bonds is 4. The number of nitrogens with one attached hydrogen (secondary N) is 1. The molecule has 1 unspecified atom stereocenters. The second-order valence-electron chi connectivity index (χ2n) is 4.49. The standard InChI is InChI=1S/C11H22N2O2/c1-9(2)8-15-11(14)10(3)13-6-4-12-5-7-13/h9-10,12H,4-8H2,1-3H3. The van der Waals surface area contributed by atoms with Gasteiger partial charge in [0.15, 0.2) is 0 Å². The van der Waals surface area contributed by atoms with Crippen LogP contribution >= 0.6 is 0 Å². The highest BCUT2D eigenvalue weighted by Crippen LogP contribution is 2.04. The molecule has 1 aliphatic rings. The molecule has 1 rings (SSSR count). The molecule has 88 valence electrons. The molecule has 1 saturated heterocycles. The minimum atomic E-state index is -0.106. The lowest BCUT2D eigenvalue weighted by atomic mass is 10.2. The molecular weight excluding hydrogens is 192 g/mol. The predicted octanol–water partition coefficient (Wildman–Crippen LogP) is 0.479. The van der Waals surface area contributed by atoms with E-state index in [0.29, 0.717) is 12.5 Å². The van der Waals surface area contributed by atoms with Gasteiger partial charge in [-0.25, -0.2) is 0 Å². The second-order valence-corrected chi connectivity index (χ2v) is 4.49. The van der Waals surface area contributed by atoms with Crippen LogP contribution in [0.15, 0.2) is 0 Å². The van der Waals surface area contributed by atoms with E-state index >= 15 is 0 Å². The number of piperazine rings is 1. The monoisotopic (exact) mass is 214 g/mol. The van der Waals surface area contributed by atoms with Gasteiger partial charge in [0.05, 0.1) is 6.61 Å². The van der Waals surface area contributed by atoms with Crippen molar-refractivity contribution >= 4 is 5.97 Å². The van der Waals surface area contributed by atoms with Crippen molar-refractivity contribution < 1.29 is 9.53 Å². The van der Waals surface area contributed by atoms with Gasteiger partial charge < -0.3 is 10.1 Å². The summed E-state index contributed by atoms with van der Waals surface area (Å²) < 4.78 is 5.22. The van der Waals surface area contributed by atoms with Crippen LogP contribution in [0.1, 0.15) is 20.8 Å². The number of ether oxygens (including phenoxy) is 1. The quantitative estimate of drug-likeness (QED) is 0.691. The highest BCUT2D eigenvalue weighted by Gasteiger charge is 2.23. The van der Waals surface area contributed by atoms with Gasteiger partial charge in [0.2, 0.25) is 0 Å². The first-order valence-corrected chi connectivity index (χ1v) is 5.72. The zero-order chi connectivity index (χ0) is 11.3. The molecule has 1 aliphatic heterocycles. The Kier molecular flexibility index (Phi) is 5.05. The average Bonchev–Trinajstić information content (AvgIpc) is 2.26. The Morgan fingerprint density at radius 3 is 2.47 bits per heavy atom. The molecular formula is C11H22N2O2. The largest absolute Gasteiger partial charge is 0.464 e. The Morgan fingerprint density at radius 1 is 1.33 bits per heavy atom. The fourth-order valence-corrected chi connectivity index (χ4v) is 1.59. The number of hydrogen-bond acceptors (Lipinski definition) is 4. The van der Waals surface area contributed by atoms with Gasteiger partial charge in [0, 0.05) is 26.2 Å². The van der Waals surface area contributed by atoms with Crippen LogP contribution in [0.3, 0.4) is 0 Å². The third kappa shape index (κ3) is 4.18. The Hall–Kier alpha value is -0.610. The van der Waals surface area contributed by atoms with Crippen LogP contribution < -0.4 is 5.32 Å². The molecule has 1 fully saturated rings. The van der Waals surface area contributed by atoms with Crippen molar-refractivity contribution in [1.82, 2.24) is 10.2 Å². The molecule has 0 radical (unpaired) electrons. The molecule has 0 aromatic carbocycles. The summed E-state index contributed by atoms with van der Waals surface area (Å²) in [6, 6.07) is -0.106. The molecule has 1 N–H and O–H groups in total. The fraction of sp³-hybridized carbons (Fsp3) is 0.909. The lowest BCUT2D eigenvalue weighted by Crippen LogP contribution is -2.50. The first-order chi connectivity index (χ1) is 7.11. The molecule has 0 aromatic heterocycles. The van der Waals surface area contributed by atoms with Crippen molar-refractivity contribution in [1.29, 1.82) is 0 Å². The fourth-order valence-electron chi connectivity index (χ4n) is 1.59. The lowest BCUT2D eigenvalue weighted by molar-refractivity contribution is -0.150. The summed E-state index contributed by atoms with van der Waals surface area (Å²) in [5, 5.41) is 3.26. The SMILES string of the molecule is CC(C)COC(=O)C(C)N1CCNCC1. The molecule has 1 atom stereocenters. The van der Waals surface area contributed by atoms with E-state index in [2.05, 4.69) is 10.2 Å². The zero-order valence-electron chi connectivity index (χ0n) is 9.95. The summed E-state index contributed by atoms with van der Waals surface area (Å²) in [7, 11) is 0. The van der Waals surface area contributed by atoms with Crippen LogP contribution in [0.25, 0.3) is 0 Å². The van der Waals surface area contributed by atoms with Crippen LogP contribution in [0.4, 0.5) is 0 Å². The molecule has 0 spiro atoms. The molecule has 0 amide bonds. The van der Waals surface area contributed by atoms with E-state index in [1.54, 1.807) is 0 Å². The van der Waals surface area contributed by atoms with Crippen LogP contribution in [-0.4, -0.2) is 49.7 Å². The van der Waals surface area contributed by atoms with E-state index in [4.69, 9.17) is 4.74 Å². The highest BCUT2D eigenvalue weighted by atomic mass is 16.5. The minimum absolute atomic E-state index is 0.0920. The molecule has 1 heterocycles. The van der Waals surface area contributed by atoms with E-state index in [1.165, 1.54) is 0 Å². The Labute approximate surface area is 92.0 Å². The van der Waals surface area contributed by atoms with Crippen molar-refractivity contribution in [2.24, 2.45) is 5.92 Å². The van der Waals surface area contributed by atoms with Crippen LogP contribution in [-0.2, 0) is 9.53 Å². The molecule has 0 bridgehead atoms. The van der Waals surface area contributed by atoms with Gasteiger partial charge in [-0.1, -0.05) is 13.8 Å². The summed E-state index contributed by atoms with van der Waals surface area (Å²) >= 11 is 0. The molecule has 0 aliphatic carbocycles. The van der Waals surface area contributed by atoms with Crippen molar-refractivity contribution in [3.8, 4) is 0 Å².